The maximum Gasteiger partial charge on any atom is 0.209 e. The van der Waals surface area contributed by atoms with Gasteiger partial charge in [-0.3, -0.25) is 10.7 Å². The van der Waals surface area contributed by atoms with Crippen LogP contribution >= 0.6 is 22.6 Å². The van der Waals surface area contributed by atoms with Gasteiger partial charge in [0.15, 0.2) is 11.4 Å². The van der Waals surface area contributed by atoms with Gasteiger partial charge in [-0.25, -0.2) is 17.8 Å². The van der Waals surface area contributed by atoms with Crippen LogP contribution in [0.15, 0.2) is 87.9 Å². The maximum atomic E-state index is 15.9. The molecule has 40 heavy (non-hydrogen) atoms. The first-order valence-electron chi connectivity index (χ1n) is 12.6. The number of allylic oxidation sites excluding steroid dienone is 2. The van der Waals surface area contributed by atoms with Gasteiger partial charge in [-0.15, -0.1) is 0 Å². The van der Waals surface area contributed by atoms with Crippen molar-refractivity contribution in [2.45, 2.75) is 28.6 Å². The number of hydrogen-bond donors (Lipinski definition) is 3. The standard InChI is InChI=1S/C28H29FIN5O4S/c1-40(36,37)13-12-32-15-20-9-10-25(39-20)23-14-22-24(16-33-23)34-18-35-28(22,31)21-8-5-11-27(29,30)26(21)38-17-19-6-3-2-4-7-19/h2-11,14,16,18,26,32H,12-13,15,17,31H2,1H3,(H,34,35). The van der Waals surface area contributed by atoms with Crippen LogP contribution in [0.25, 0.3) is 11.5 Å². The molecule has 1 aliphatic carbocycles. The maximum absolute atomic E-state index is 15.9. The van der Waals surface area contributed by atoms with Gasteiger partial charge in [-0.05, 0) is 52.4 Å². The van der Waals surface area contributed by atoms with Gasteiger partial charge in [-0.1, -0.05) is 42.5 Å². The first-order valence-corrected chi connectivity index (χ1v) is 15.7. The average molecular weight is 678 g/mol. The molecule has 1 aliphatic heterocycles. The summed E-state index contributed by atoms with van der Waals surface area (Å²) in [5.74, 6) is 1.17. The van der Waals surface area contributed by atoms with Gasteiger partial charge in [0, 0.05) is 23.9 Å². The normalized spacial score (nSPS) is 23.9. The Morgan fingerprint density at radius 3 is 2.83 bits per heavy atom. The smallest absolute Gasteiger partial charge is 0.209 e. The largest absolute Gasteiger partial charge is 0.458 e. The molecule has 4 N–H and O–H groups in total. The first-order chi connectivity index (χ1) is 19.1. The average Bonchev–Trinajstić information content (AvgIpc) is 3.39. The highest BCUT2D eigenvalue weighted by Gasteiger charge is 2.48. The highest BCUT2D eigenvalue weighted by molar-refractivity contribution is 14.1. The van der Waals surface area contributed by atoms with Crippen LogP contribution in [0.2, 0.25) is 0 Å². The summed E-state index contributed by atoms with van der Waals surface area (Å²) in [6.45, 7) is 0.877. The number of alkyl halides is 2. The third kappa shape index (κ3) is 6.36. The van der Waals surface area contributed by atoms with Crippen molar-refractivity contribution in [1.82, 2.24) is 10.3 Å². The van der Waals surface area contributed by atoms with Gasteiger partial charge in [-0.2, -0.15) is 0 Å². The van der Waals surface area contributed by atoms with E-state index in [2.05, 4.69) is 20.6 Å². The van der Waals surface area contributed by atoms with Crippen LogP contribution in [0, 0.1) is 0 Å². The second-order valence-electron chi connectivity index (χ2n) is 9.69. The lowest BCUT2D eigenvalue weighted by atomic mass is 9.83. The molecule has 0 fully saturated rings. The van der Waals surface area contributed by atoms with E-state index >= 15 is 4.39 Å². The van der Waals surface area contributed by atoms with Gasteiger partial charge >= 0.3 is 0 Å². The molecule has 0 spiro atoms. The van der Waals surface area contributed by atoms with Crippen molar-refractivity contribution < 1.29 is 22.0 Å². The van der Waals surface area contributed by atoms with Gasteiger partial charge in [0.25, 0.3) is 0 Å². The number of nitrogens with zero attached hydrogens (tertiary/aromatic N) is 2. The number of ether oxygens (including phenoxy) is 1. The number of halogens is 2. The third-order valence-corrected chi connectivity index (χ3v) is 8.46. The highest BCUT2D eigenvalue weighted by atomic mass is 127. The SMILES string of the molecule is CS(=O)(=O)CCNCc1ccc(-c2cc3c(cn2)NC=NC3(N)C2=CC=CC(F)(I)C2OCc2ccccc2)o1. The number of anilines is 1. The van der Waals surface area contributed by atoms with Crippen molar-refractivity contribution in [3.63, 3.8) is 0 Å². The van der Waals surface area contributed by atoms with E-state index in [9.17, 15) is 8.42 Å². The number of rotatable bonds is 10. The van der Waals surface area contributed by atoms with Crippen molar-refractivity contribution in [2.24, 2.45) is 10.7 Å². The summed E-state index contributed by atoms with van der Waals surface area (Å²) in [4.78, 5) is 9.10. The number of nitrogens with one attached hydrogen (secondary N) is 2. The molecule has 3 unspecified atom stereocenters. The Balaban J connectivity index is 1.41. The van der Waals surface area contributed by atoms with Crippen LogP contribution in [-0.2, 0) is 33.4 Å². The molecule has 2 aromatic heterocycles. The Morgan fingerprint density at radius 2 is 2.05 bits per heavy atom. The molecular formula is C28H29FIN5O4S. The predicted octanol–water partition coefficient (Wildman–Crippen LogP) is 4.22. The minimum Gasteiger partial charge on any atom is -0.458 e. The fraction of sp³-hybridized carbons (Fsp3) is 0.286. The molecule has 3 aromatic rings. The molecule has 5 rings (SSSR count). The van der Waals surface area contributed by atoms with E-state index in [-0.39, 0.29) is 12.4 Å². The van der Waals surface area contributed by atoms with Crippen molar-refractivity contribution in [2.75, 3.05) is 23.9 Å². The molecule has 0 bridgehead atoms. The highest BCUT2D eigenvalue weighted by Crippen LogP contribution is 2.46. The van der Waals surface area contributed by atoms with E-state index < -0.39 is 25.3 Å². The molecule has 0 saturated heterocycles. The third-order valence-electron chi connectivity index (χ3n) is 6.59. The monoisotopic (exact) mass is 677 g/mol. The molecule has 9 nitrogen and oxygen atoms in total. The lowest BCUT2D eigenvalue weighted by molar-refractivity contribution is 0.0106. The van der Waals surface area contributed by atoms with Crippen molar-refractivity contribution >= 4 is 44.5 Å². The van der Waals surface area contributed by atoms with Crippen LogP contribution in [0.1, 0.15) is 16.9 Å². The molecular weight excluding hydrogens is 648 g/mol. The minimum absolute atomic E-state index is 0.0392. The van der Waals surface area contributed by atoms with E-state index in [0.717, 1.165) is 5.56 Å². The first kappa shape index (κ1) is 28.6. The van der Waals surface area contributed by atoms with Gasteiger partial charge in [0.2, 0.25) is 3.68 Å². The van der Waals surface area contributed by atoms with Crippen LogP contribution in [0.4, 0.5) is 10.1 Å². The molecule has 0 radical (unpaired) electrons. The van der Waals surface area contributed by atoms with E-state index in [1.807, 2.05) is 30.3 Å². The Morgan fingerprint density at radius 1 is 1.25 bits per heavy atom. The van der Waals surface area contributed by atoms with E-state index in [0.29, 0.717) is 47.1 Å². The Hall–Kier alpha value is -2.91. The summed E-state index contributed by atoms with van der Waals surface area (Å²) in [7, 11) is -3.05. The van der Waals surface area contributed by atoms with Crippen LogP contribution in [0.3, 0.4) is 0 Å². The number of furan rings is 1. The van der Waals surface area contributed by atoms with Crippen LogP contribution in [-0.4, -0.2) is 48.1 Å². The lowest BCUT2D eigenvalue weighted by Crippen LogP contribution is -2.49. The number of aliphatic imine (C=N–C) groups is 1. The summed E-state index contributed by atoms with van der Waals surface area (Å²) < 4.78 is 48.8. The van der Waals surface area contributed by atoms with E-state index in [4.69, 9.17) is 14.9 Å². The second kappa shape index (κ2) is 11.5. The summed E-state index contributed by atoms with van der Waals surface area (Å²) in [6.07, 6.45) is 8.15. The Kier molecular flexibility index (Phi) is 8.25. The zero-order valence-electron chi connectivity index (χ0n) is 21.7. The number of aromatic nitrogens is 1. The number of hydrogen-bond acceptors (Lipinski definition) is 9. The van der Waals surface area contributed by atoms with Crippen LogP contribution in [0.5, 0.6) is 0 Å². The molecule has 12 heteroatoms. The number of benzene rings is 1. The number of sulfone groups is 1. The Bertz CT molecular complexity index is 1570. The lowest BCUT2D eigenvalue weighted by Gasteiger charge is -2.40. The fourth-order valence-electron chi connectivity index (χ4n) is 4.55. The predicted molar refractivity (Wildman–Crippen MR) is 161 cm³/mol. The number of nitrogens with two attached hydrogens (primary N) is 1. The zero-order chi connectivity index (χ0) is 28.4. The molecule has 3 heterocycles. The second-order valence-corrected chi connectivity index (χ2v) is 13.6. The number of pyridine rings is 1. The Labute approximate surface area is 245 Å². The van der Waals surface area contributed by atoms with Crippen molar-refractivity contribution in [3.05, 3.63) is 95.4 Å². The molecule has 210 valence electrons. The van der Waals surface area contributed by atoms with Gasteiger partial charge in [0.1, 0.15) is 27.4 Å². The van der Waals surface area contributed by atoms with Gasteiger partial charge < -0.3 is 19.8 Å². The molecule has 0 saturated carbocycles. The van der Waals surface area contributed by atoms with Crippen molar-refractivity contribution in [1.29, 1.82) is 0 Å². The van der Waals surface area contributed by atoms with Gasteiger partial charge in [0.05, 0.1) is 37.1 Å². The topological polar surface area (TPSA) is 132 Å². The van der Waals surface area contributed by atoms with Crippen LogP contribution < -0.4 is 16.4 Å². The summed E-state index contributed by atoms with van der Waals surface area (Å²) in [5.41, 5.74) is 8.67. The molecule has 1 aromatic carbocycles. The minimum atomic E-state index is -3.05. The quantitative estimate of drug-likeness (QED) is 0.165. The molecule has 0 amide bonds. The van der Waals surface area contributed by atoms with E-state index in [1.54, 1.807) is 59.1 Å². The van der Waals surface area contributed by atoms with E-state index in [1.165, 1.54) is 18.7 Å². The van der Waals surface area contributed by atoms with Crippen molar-refractivity contribution in [3.8, 4) is 11.5 Å². The number of fused-ring (bicyclic) bond motifs is 1. The summed E-state index contributed by atoms with van der Waals surface area (Å²) >= 11 is 1.74. The fourth-order valence-corrected chi connectivity index (χ4v) is 5.79. The summed E-state index contributed by atoms with van der Waals surface area (Å²) in [6, 6.07) is 14.9. The zero-order valence-corrected chi connectivity index (χ0v) is 24.7. The molecule has 3 atom stereocenters. The molecule has 2 aliphatic rings. The summed E-state index contributed by atoms with van der Waals surface area (Å²) in [5, 5.41) is 6.13.